The van der Waals surface area contributed by atoms with Gasteiger partial charge < -0.3 is 4.74 Å². The van der Waals surface area contributed by atoms with Crippen LogP contribution in [-0.4, -0.2) is 11.3 Å². The standard InChI is InChI=1S/C8H7F4NO/c1-5-4-13-7(2-6(5)3-9)14-8(10,11)12/h2,4H,3H2,1H3. The monoisotopic (exact) mass is 209 g/mol. The van der Waals surface area contributed by atoms with Crippen LogP contribution in [0.4, 0.5) is 17.6 Å². The van der Waals surface area contributed by atoms with Crippen LogP contribution in [0.1, 0.15) is 11.1 Å². The molecule has 0 radical (unpaired) electrons. The van der Waals surface area contributed by atoms with Crippen LogP contribution < -0.4 is 4.74 Å². The Balaban J connectivity index is 2.90. The number of ether oxygens (including phenoxy) is 1. The number of hydrogen-bond donors (Lipinski definition) is 0. The number of alkyl halides is 4. The molecule has 0 aliphatic heterocycles. The summed E-state index contributed by atoms with van der Waals surface area (Å²) in [7, 11) is 0. The molecule has 0 aliphatic carbocycles. The molecule has 0 saturated carbocycles. The predicted octanol–water partition coefficient (Wildman–Crippen LogP) is 2.76. The van der Waals surface area contributed by atoms with E-state index in [0.29, 0.717) is 5.56 Å². The number of nitrogens with zero attached hydrogens (tertiary/aromatic N) is 1. The van der Waals surface area contributed by atoms with Crippen molar-refractivity contribution in [2.75, 3.05) is 0 Å². The Kier molecular flexibility index (Phi) is 2.93. The molecule has 0 fully saturated rings. The summed E-state index contributed by atoms with van der Waals surface area (Å²) < 4.78 is 50.9. The molecule has 0 saturated heterocycles. The van der Waals surface area contributed by atoms with Gasteiger partial charge in [-0.15, -0.1) is 13.2 Å². The van der Waals surface area contributed by atoms with Crippen molar-refractivity contribution in [3.8, 4) is 5.88 Å². The summed E-state index contributed by atoms with van der Waals surface area (Å²) in [4.78, 5) is 3.36. The maximum absolute atomic E-state index is 12.2. The van der Waals surface area contributed by atoms with Gasteiger partial charge in [0.15, 0.2) is 0 Å². The molecule has 0 spiro atoms. The molecule has 0 bridgehead atoms. The van der Waals surface area contributed by atoms with E-state index < -0.39 is 18.9 Å². The molecule has 0 unspecified atom stereocenters. The SMILES string of the molecule is Cc1cnc(OC(F)(F)F)cc1CF. The molecular weight excluding hydrogens is 202 g/mol. The number of aromatic nitrogens is 1. The molecule has 1 rings (SSSR count). The van der Waals surface area contributed by atoms with Gasteiger partial charge in [0.2, 0.25) is 5.88 Å². The minimum Gasteiger partial charge on any atom is -0.388 e. The van der Waals surface area contributed by atoms with Crippen molar-refractivity contribution < 1.29 is 22.3 Å². The van der Waals surface area contributed by atoms with Crippen LogP contribution in [0.5, 0.6) is 5.88 Å². The van der Waals surface area contributed by atoms with Crippen LogP contribution in [0.2, 0.25) is 0 Å². The molecule has 0 aromatic carbocycles. The van der Waals surface area contributed by atoms with Gasteiger partial charge >= 0.3 is 6.36 Å². The summed E-state index contributed by atoms with van der Waals surface area (Å²) >= 11 is 0. The second-order valence-corrected chi connectivity index (χ2v) is 2.63. The summed E-state index contributed by atoms with van der Waals surface area (Å²) in [6.07, 6.45) is -3.66. The van der Waals surface area contributed by atoms with Crippen molar-refractivity contribution in [1.82, 2.24) is 4.98 Å². The average molecular weight is 209 g/mol. The first-order valence-corrected chi connectivity index (χ1v) is 3.69. The van der Waals surface area contributed by atoms with Crippen LogP contribution in [-0.2, 0) is 6.67 Å². The molecule has 0 amide bonds. The van der Waals surface area contributed by atoms with E-state index in [1.54, 1.807) is 6.92 Å². The summed E-state index contributed by atoms with van der Waals surface area (Å²) in [5, 5.41) is 0. The van der Waals surface area contributed by atoms with Crippen molar-refractivity contribution in [1.29, 1.82) is 0 Å². The maximum atomic E-state index is 12.2. The first-order valence-electron chi connectivity index (χ1n) is 3.69. The highest BCUT2D eigenvalue weighted by molar-refractivity contribution is 5.27. The number of pyridine rings is 1. The normalized spacial score (nSPS) is 11.5. The predicted molar refractivity (Wildman–Crippen MR) is 40.5 cm³/mol. The Labute approximate surface area is 77.5 Å². The third-order valence-electron chi connectivity index (χ3n) is 1.55. The second-order valence-electron chi connectivity index (χ2n) is 2.63. The first kappa shape index (κ1) is 10.7. The van der Waals surface area contributed by atoms with E-state index in [9.17, 15) is 17.6 Å². The van der Waals surface area contributed by atoms with Gasteiger partial charge in [-0.2, -0.15) is 0 Å². The van der Waals surface area contributed by atoms with Gasteiger partial charge in [-0.1, -0.05) is 0 Å². The second kappa shape index (κ2) is 3.81. The Morgan fingerprint density at radius 1 is 1.43 bits per heavy atom. The minimum atomic E-state index is -4.80. The lowest BCUT2D eigenvalue weighted by molar-refractivity contribution is -0.276. The van der Waals surface area contributed by atoms with Crippen LogP contribution in [0.25, 0.3) is 0 Å². The highest BCUT2D eigenvalue weighted by Gasteiger charge is 2.31. The van der Waals surface area contributed by atoms with E-state index in [-0.39, 0.29) is 5.56 Å². The maximum Gasteiger partial charge on any atom is 0.574 e. The van der Waals surface area contributed by atoms with Crippen molar-refractivity contribution in [3.05, 3.63) is 23.4 Å². The van der Waals surface area contributed by atoms with Gasteiger partial charge in [0.05, 0.1) is 0 Å². The number of aryl methyl sites for hydroxylation is 1. The van der Waals surface area contributed by atoms with E-state index >= 15 is 0 Å². The number of hydrogen-bond acceptors (Lipinski definition) is 2. The number of rotatable bonds is 2. The Hall–Kier alpha value is -1.33. The van der Waals surface area contributed by atoms with Crippen molar-refractivity contribution in [2.45, 2.75) is 20.0 Å². The van der Waals surface area contributed by atoms with Gasteiger partial charge in [-0.05, 0) is 18.1 Å². The molecule has 1 aromatic heterocycles. The van der Waals surface area contributed by atoms with Gasteiger partial charge in [0.1, 0.15) is 6.67 Å². The van der Waals surface area contributed by atoms with Crippen molar-refractivity contribution >= 4 is 0 Å². The largest absolute Gasteiger partial charge is 0.574 e. The minimum absolute atomic E-state index is 0.138. The zero-order valence-electron chi connectivity index (χ0n) is 7.23. The fraction of sp³-hybridized carbons (Fsp3) is 0.375. The summed E-state index contributed by atoms with van der Waals surface area (Å²) in [5.74, 6) is -0.643. The van der Waals surface area contributed by atoms with Gasteiger partial charge in [-0.3, -0.25) is 0 Å². The van der Waals surface area contributed by atoms with E-state index in [4.69, 9.17) is 0 Å². The fourth-order valence-corrected chi connectivity index (χ4v) is 0.862. The van der Waals surface area contributed by atoms with Crippen LogP contribution in [0, 0.1) is 6.92 Å². The molecule has 6 heteroatoms. The topological polar surface area (TPSA) is 22.1 Å². The summed E-state index contributed by atoms with van der Waals surface area (Å²) in [5.41, 5.74) is 0.626. The molecule has 2 nitrogen and oxygen atoms in total. The molecule has 78 valence electrons. The van der Waals surface area contributed by atoms with E-state index in [2.05, 4.69) is 9.72 Å². The van der Waals surface area contributed by atoms with E-state index in [1.165, 1.54) is 0 Å². The van der Waals surface area contributed by atoms with Gasteiger partial charge in [-0.25, -0.2) is 9.37 Å². The zero-order valence-corrected chi connectivity index (χ0v) is 7.23. The molecule has 1 heterocycles. The Morgan fingerprint density at radius 3 is 2.57 bits per heavy atom. The molecular formula is C8H7F4NO. The Morgan fingerprint density at radius 2 is 2.07 bits per heavy atom. The molecule has 0 aliphatic rings. The lowest BCUT2D eigenvalue weighted by Gasteiger charge is -2.09. The quantitative estimate of drug-likeness (QED) is 0.698. The Bertz CT molecular complexity index is 324. The third-order valence-corrected chi connectivity index (χ3v) is 1.55. The van der Waals surface area contributed by atoms with E-state index in [0.717, 1.165) is 12.3 Å². The van der Waals surface area contributed by atoms with Crippen molar-refractivity contribution in [3.63, 3.8) is 0 Å². The zero-order chi connectivity index (χ0) is 10.8. The van der Waals surface area contributed by atoms with Crippen LogP contribution >= 0.6 is 0 Å². The number of halogens is 4. The highest BCUT2D eigenvalue weighted by atomic mass is 19.4. The van der Waals surface area contributed by atoms with E-state index in [1.807, 2.05) is 0 Å². The van der Waals surface area contributed by atoms with Gasteiger partial charge in [0.25, 0.3) is 0 Å². The molecule has 14 heavy (non-hydrogen) atoms. The van der Waals surface area contributed by atoms with Crippen LogP contribution in [0.15, 0.2) is 12.3 Å². The lowest BCUT2D eigenvalue weighted by atomic mass is 10.2. The van der Waals surface area contributed by atoms with Crippen molar-refractivity contribution in [2.24, 2.45) is 0 Å². The average Bonchev–Trinajstić information content (AvgIpc) is 2.06. The summed E-state index contributed by atoms with van der Waals surface area (Å²) in [6, 6.07) is 0.933. The molecule has 0 N–H and O–H groups in total. The first-order chi connectivity index (χ1) is 6.42. The lowest BCUT2D eigenvalue weighted by Crippen LogP contribution is -2.18. The van der Waals surface area contributed by atoms with Gasteiger partial charge in [0, 0.05) is 12.3 Å². The smallest absolute Gasteiger partial charge is 0.388 e. The fourth-order valence-electron chi connectivity index (χ4n) is 0.862. The summed E-state index contributed by atoms with van der Waals surface area (Å²) in [6.45, 7) is 0.710. The highest BCUT2D eigenvalue weighted by Crippen LogP contribution is 2.22. The van der Waals surface area contributed by atoms with Crippen LogP contribution in [0.3, 0.4) is 0 Å². The molecule has 1 aromatic rings. The third kappa shape index (κ3) is 2.86. The molecule has 0 atom stereocenters.